The number of isocyanates is 1. The summed E-state index contributed by atoms with van der Waals surface area (Å²) in [6.45, 7) is 0. The van der Waals surface area contributed by atoms with Gasteiger partial charge in [-0.15, -0.1) is 0 Å². The quantitative estimate of drug-likeness (QED) is 0.608. The predicted octanol–water partition coefficient (Wildman–Crippen LogP) is 3.09. The highest BCUT2D eigenvalue weighted by molar-refractivity contribution is 9.10. The second-order valence-corrected chi connectivity index (χ2v) is 3.38. The van der Waals surface area contributed by atoms with Crippen LogP contribution in [0.25, 0.3) is 0 Å². The van der Waals surface area contributed by atoms with Gasteiger partial charge in [-0.2, -0.15) is 4.99 Å². The van der Waals surface area contributed by atoms with Crippen LogP contribution in [0.5, 0.6) is 0 Å². The van der Waals surface area contributed by atoms with E-state index in [1.165, 1.54) is 6.07 Å². The average molecular weight is 262 g/mol. The lowest BCUT2D eigenvalue weighted by molar-refractivity contribution is 0.117. The Hall–Kier alpha value is -1.06. The Morgan fingerprint density at radius 3 is 2.50 bits per heavy atom. The second-order valence-electron chi connectivity index (χ2n) is 2.52. The topological polar surface area (TPSA) is 29.4 Å². The summed E-state index contributed by atoms with van der Waals surface area (Å²) in [5.41, 5.74) is 0.283. The third kappa shape index (κ3) is 2.47. The van der Waals surface area contributed by atoms with Crippen molar-refractivity contribution in [3.8, 4) is 0 Å². The minimum absolute atomic E-state index is 0.283. The van der Waals surface area contributed by atoms with Gasteiger partial charge in [-0.3, -0.25) is 0 Å². The normalized spacial score (nSPS) is 12.3. The molecule has 1 unspecified atom stereocenters. The first-order valence-electron chi connectivity index (χ1n) is 3.76. The third-order valence-corrected chi connectivity index (χ3v) is 2.38. The molecule has 1 aromatic carbocycles. The van der Waals surface area contributed by atoms with Crippen molar-refractivity contribution >= 4 is 22.0 Å². The summed E-state index contributed by atoms with van der Waals surface area (Å²) in [6, 6.07) is 4.96. The van der Waals surface area contributed by atoms with Gasteiger partial charge < -0.3 is 0 Å². The van der Waals surface area contributed by atoms with Crippen LogP contribution in [0.1, 0.15) is 11.6 Å². The number of benzene rings is 1. The molecule has 0 amide bonds. The molecule has 0 saturated carbocycles. The Balaban J connectivity index is 3.11. The number of carbonyl (C=O) groups excluding carboxylic acids is 1. The van der Waals surface area contributed by atoms with Crippen molar-refractivity contribution in [1.82, 2.24) is 0 Å². The van der Waals surface area contributed by atoms with Crippen LogP contribution in [0, 0.1) is 0 Å². The number of aliphatic imine (C=N–C) groups is 1. The Labute approximate surface area is 87.8 Å². The smallest absolute Gasteiger partial charge is 0.211 e. The van der Waals surface area contributed by atoms with E-state index in [1.807, 2.05) is 0 Å². The molecule has 0 aliphatic rings. The van der Waals surface area contributed by atoms with Gasteiger partial charge in [0, 0.05) is 4.47 Å². The zero-order valence-electron chi connectivity index (χ0n) is 6.95. The van der Waals surface area contributed by atoms with E-state index < -0.39 is 12.5 Å². The molecule has 74 valence electrons. The molecule has 0 radical (unpaired) electrons. The van der Waals surface area contributed by atoms with Gasteiger partial charge in [-0.05, 0) is 11.6 Å². The number of hydrogen-bond acceptors (Lipinski definition) is 2. The monoisotopic (exact) mass is 261 g/mol. The standard InChI is InChI=1S/C9H6BrF2NO/c10-7-4-2-1-3-6(7)8(9(11)12)13-5-14/h1-4,8-9H. The molecule has 5 heteroatoms. The number of halogens is 3. The lowest BCUT2D eigenvalue weighted by Gasteiger charge is -2.11. The van der Waals surface area contributed by atoms with Crippen LogP contribution in [0.3, 0.4) is 0 Å². The van der Waals surface area contributed by atoms with Crippen molar-refractivity contribution in [1.29, 1.82) is 0 Å². The zero-order valence-corrected chi connectivity index (χ0v) is 8.54. The van der Waals surface area contributed by atoms with Gasteiger partial charge in [0.05, 0.1) is 0 Å². The molecule has 0 aliphatic carbocycles. The molecule has 1 rings (SSSR count). The lowest BCUT2D eigenvalue weighted by Crippen LogP contribution is -2.06. The molecule has 0 aliphatic heterocycles. The maximum atomic E-state index is 12.5. The molecule has 0 spiro atoms. The van der Waals surface area contributed by atoms with Gasteiger partial charge >= 0.3 is 0 Å². The fraction of sp³-hybridized carbons (Fsp3) is 0.222. The molecule has 0 saturated heterocycles. The van der Waals surface area contributed by atoms with E-state index in [9.17, 15) is 13.6 Å². The number of nitrogens with zero attached hydrogens (tertiary/aromatic N) is 1. The first-order chi connectivity index (χ1) is 6.66. The summed E-state index contributed by atoms with van der Waals surface area (Å²) in [5.74, 6) is 0. The summed E-state index contributed by atoms with van der Waals surface area (Å²) >= 11 is 3.11. The lowest BCUT2D eigenvalue weighted by atomic mass is 10.1. The van der Waals surface area contributed by atoms with Crippen LogP contribution in [-0.4, -0.2) is 12.5 Å². The Bertz CT molecular complexity index is 364. The van der Waals surface area contributed by atoms with Crippen LogP contribution in [0.2, 0.25) is 0 Å². The van der Waals surface area contributed by atoms with E-state index in [-0.39, 0.29) is 5.56 Å². The third-order valence-electron chi connectivity index (χ3n) is 1.65. The van der Waals surface area contributed by atoms with Crippen molar-refractivity contribution < 1.29 is 13.6 Å². The van der Waals surface area contributed by atoms with Gasteiger partial charge in [0.2, 0.25) is 6.08 Å². The van der Waals surface area contributed by atoms with Gasteiger partial charge in [0.25, 0.3) is 6.43 Å². The maximum Gasteiger partial charge on any atom is 0.265 e. The Morgan fingerprint density at radius 1 is 1.36 bits per heavy atom. The summed E-state index contributed by atoms with van der Waals surface area (Å²) in [4.78, 5) is 13.0. The molecule has 0 bridgehead atoms. The highest BCUT2D eigenvalue weighted by atomic mass is 79.9. The van der Waals surface area contributed by atoms with Crippen molar-refractivity contribution in [3.63, 3.8) is 0 Å². The van der Waals surface area contributed by atoms with E-state index in [0.717, 1.165) is 6.08 Å². The van der Waals surface area contributed by atoms with E-state index >= 15 is 0 Å². The highest BCUT2D eigenvalue weighted by Gasteiger charge is 2.23. The molecule has 0 aromatic heterocycles. The van der Waals surface area contributed by atoms with Crippen molar-refractivity contribution in [2.24, 2.45) is 4.99 Å². The van der Waals surface area contributed by atoms with Crippen molar-refractivity contribution in [2.45, 2.75) is 12.5 Å². The first kappa shape index (κ1) is 11.0. The maximum absolute atomic E-state index is 12.5. The number of alkyl halides is 2. The zero-order chi connectivity index (χ0) is 10.6. The molecular formula is C9H6BrF2NO. The van der Waals surface area contributed by atoms with Crippen molar-refractivity contribution in [2.75, 3.05) is 0 Å². The first-order valence-corrected chi connectivity index (χ1v) is 4.55. The molecule has 1 aromatic rings. The van der Waals surface area contributed by atoms with Crippen LogP contribution in [0.4, 0.5) is 8.78 Å². The van der Waals surface area contributed by atoms with E-state index in [0.29, 0.717) is 4.47 Å². The minimum Gasteiger partial charge on any atom is -0.211 e. The molecule has 0 fully saturated rings. The average Bonchev–Trinajstić information content (AvgIpc) is 2.15. The number of hydrogen-bond donors (Lipinski definition) is 0. The van der Waals surface area contributed by atoms with E-state index in [2.05, 4.69) is 20.9 Å². The molecule has 0 N–H and O–H groups in total. The Kier molecular flexibility index (Phi) is 3.92. The minimum atomic E-state index is -2.71. The fourth-order valence-electron chi connectivity index (χ4n) is 1.03. The largest absolute Gasteiger partial charge is 0.265 e. The van der Waals surface area contributed by atoms with Crippen LogP contribution in [-0.2, 0) is 4.79 Å². The molecule has 1 atom stereocenters. The summed E-state index contributed by atoms with van der Waals surface area (Å²) in [5, 5.41) is 0. The SMILES string of the molecule is O=C=NC(c1ccccc1Br)C(F)F. The molecular weight excluding hydrogens is 256 g/mol. The predicted molar refractivity (Wildman–Crippen MR) is 51.0 cm³/mol. The second kappa shape index (κ2) is 4.98. The number of rotatable bonds is 3. The highest BCUT2D eigenvalue weighted by Crippen LogP contribution is 2.30. The van der Waals surface area contributed by atoms with Crippen molar-refractivity contribution in [3.05, 3.63) is 34.3 Å². The van der Waals surface area contributed by atoms with Gasteiger partial charge in [0.15, 0.2) is 0 Å². The van der Waals surface area contributed by atoms with Crippen LogP contribution < -0.4 is 0 Å². The van der Waals surface area contributed by atoms with Gasteiger partial charge in [0.1, 0.15) is 6.04 Å². The van der Waals surface area contributed by atoms with E-state index in [1.54, 1.807) is 18.2 Å². The summed E-state index contributed by atoms with van der Waals surface area (Å²) in [7, 11) is 0. The Morgan fingerprint density at radius 2 is 2.00 bits per heavy atom. The fourth-order valence-corrected chi connectivity index (χ4v) is 1.55. The summed E-state index contributed by atoms with van der Waals surface area (Å²) in [6.07, 6.45) is -1.56. The van der Waals surface area contributed by atoms with E-state index in [4.69, 9.17) is 0 Å². The van der Waals surface area contributed by atoms with Crippen LogP contribution in [0.15, 0.2) is 33.7 Å². The van der Waals surface area contributed by atoms with Crippen LogP contribution >= 0.6 is 15.9 Å². The molecule has 0 heterocycles. The molecule has 14 heavy (non-hydrogen) atoms. The van der Waals surface area contributed by atoms with Gasteiger partial charge in [-0.25, -0.2) is 13.6 Å². The molecule has 2 nitrogen and oxygen atoms in total. The summed E-state index contributed by atoms with van der Waals surface area (Å²) < 4.78 is 25.4. The van der Waals surface area contributed by atoms with Gasteiger partial charge in [-0.1, -0.05) is 34.1 Å².